The van der Waals surface area contributed by atoms with Crippen LogP contribution >= 0.6 is 0 Å². The fraction of sp³-hybridized carbons (Fsp3) is 0.364. The maximum Gasteiger partial charge on any atom is 0.232 e. The quantitative estimate of drug-likeness (QED) is 0.564. The summed E-state index contributed by atoms with van der Waals surface area (Å²) in [6.07, 6.45) is 8.96. The first-order valence-electron chi connectivity index (χ1n) is 4.98. The molecule has 0 saturated carbocycles. The van der Waals surface area contributed by atoms with E-state index in [1.807, 2.05) is 11.0 Å². The van der Waals surface area contributed by atoms with Gasteiger partial charge in [0.15, 0.2) is 0 Å². The van der Waals surface area contributed by atoms with Crippen LogP contribution in [0.1, 0.15) is 6.42 Å². The first-order valence-corrected chi connectivity index (χ1v) is 4.98. The number of hydrogen-bond acceptors (Lipinski definition) is 2. The maximum atomic E-state index is 11.3. The Hall–Kier alpha value is -1.35. The van der Waals surface area contributed by atoms with Gasteiger partial charge in [-0.1, -0.05) is 24.3 Å². The van der Waals surface area contributed by atoms with Gasteiger partial charge in [0.2, 0.25) is 5.91 Å². The van der Waals surface area contributed by atoms with Gasteiger partial charge in [-0.15, -0.1) is 0 Å². The molecule has 14 heavy (non-hydrogen) atoms. The van der Waals surface area contributed by atoms with E-state index in [1.54, 1.807) is 0 Å². The van der Waals surface area contributed by atoms with E-state index in [4.69, 9.17) is 0 Å². The fourth-order valence-corrected chi connectivity index (χ4v) is 2.24. The predicted octanol–water partition coefficient (Wildman–Crippen LogP) is 0.571. The standard InChI is InChI=1S/C11H12N2O/c14-11-7-10-8-3-1-2-4-9(8)12-5-6-13(10)11/h1-4,9,12H,5-7H2. The number of β-lactam (4-membered cyclic amide) rings is 1. The zero-order chi connectivity index (χ0) is 9.54. The van der Waals surface area contributed by atoms with Gasteiger partial charge in [-0.2, -0.15) is 0 Å². The van der Waals surface area contributed by atoms with E-state index in [0.717, 1.165) is 13.1 Å². The van der Waals surface area contributed by atoms with Gasteiger partial charge in [0.05, 0.1) is 12.5 Å². The minimum atomic E-state index is 0.262. The number of carbonyl (C=O) groups is 1. The molecule has 72 valence electrons. The van der Waals surface area contributed by atoms with Crippen LogP contribution in [-0.2, 0) is 4.79 Å². The highest BCUT2D eigenvalue weighted by Gasteiger charge is 2.35. The van der Waals surface area contributed by atoms with Gasteiger partial charge in [0.1, 0.15) is 0 Å². The van der Waals surface area contributed by atoms with Crippen LogP contribution in [0, 0.1) is 0 Å². The zero-order valence-corrected chi connectivity index (χ0v) is 7.86. The average Bonchev–Trinajstić information content (AvgIpc) is 2.35. The van der Waals surface area contributed by atoms with Crippen LogP contribution in [0.2, 0.25) is 0 Å². The average molecular weight is 188 g/mol. The van der Waals surface area contributed by atoms with Crippen LogP contribution in [0.4, 0.5) is 0 Å². The Morgan fingerprint density at radius 3 is 3.21 bits per heavy atom. The van der Waals surface area contributed by atoms with E-state index in [9.17, 15) is 4.79 Å². The zero-order valence-electron chi connectivity index (χ0n) is 7.86. The van der Waals surface area contributed by atoms with Crippen molar-refractivity contribution in [2.75, 3.05) is 13.1 Å². The molecule has 2 aliphatic heterocycles. The van der Waals surface area contributed by atoms with Gasteiger partial charge in [-0.05, 0) is 5.57 Å². The van der Waals surface area contributed by atoms with Crippen molar-refractivity contribution in [3.63, 3.8) is 0 Å². The number of allylic oxidation sites excluding steroid dienone is 2. The lowest BCUT2D eigenvalue weighted by atomic mass is 9.95. The van der Waals surface area contributed by atoms with Crippen molar-refractivity contribution in [2.24, 2.45) is 0 Å². The minimum Gasteiger partial charge on any atom is -0.314 e. The smallest absolute Gasteiger partial charge is 0.232 e. The number of carbonyl (C=O) groups excluding carboxylic acids is 1. The molecule has 3 aliphatic rings. The van der Waals surface area contributed by atoms with E-state index in [0.29, 0.717) is 12.5 Å². The lowest BCUT2D eigenvalue weighted by Gasteiger charge is -2.34. The summed E-state index contributed by atoms with van der Waals surface area (Å²) < 4.78 is 0. The SMILES string of the molecule is O=C1CC2=C3C=CC=CC3NCCN12. The largest absolute Gasteiger partial charge is 0.314 e. The van der Waals surface area contributed by atoms with E-state index < -0.39 is 0 Å². The Bertz CT molecular complexity index is 379. The molecule has 0 aromatic carbocycles. The Labute approximate surface area is 82.8 Å². The van der Waals surface area contributed by atoms with Crippen molar-refractivity contribution in [3.05, 3.63) is 35.6 Å². The molecule has 1 atom stereocenters. The van der Waals surface area contributed by atoms with Crippen LogP contribution in [0.5, 0.6) is 0 Å². The highest BCUT2D eigenvalue weighted by Crippen LogP contribution is 2.31. The summed E-state index contributed by atoms with van der Waals surface area (Å²) in [7, 11) is 0. The minimum absolute atomic E-state index is 0.262. The number of hydrogen-bond donors (Lipinski definition) is 1. The van der Waals surface area contributed by atoms with Crippen LogP contribution in [0.3, 0.4) is 0 Å². The third-order valence-corrected chi connectivity index (χ3v) is 3.00. The molecule has 1 fully saturated rings. The van der Waals surface area contributed by atoms with E-state index in [1.165, 1.54) is 11.3 Å². The highest BCUT2D eigenvalue weighted by atomic mass is 16.2. The van der Waals surface area contributed by atoms with Gasteiger partial charge in [-0.25, -0.2) is 0 Å². The number of rotatable bonds is 0. The summed E-state index contributed by atoms with van der Waals surface area (Å²) in [6, 6.07) is 0.313. The predicted molar refractivity (Wildman–Crippen MR) is 53.4 cm³/mol. The first kappa shape index (κ1) is 8.00. The molecule has 1 unspecified atom stereocenters. The molecule has 2 heterocycles. The Balaban J connectivity index is 2.03. The summed E-state index contributed by atoms with van der Waals surface area (Å²) in [4.78, 5) is 13.2. The van der Waals surface area contributed by atoms with Crippen LogP contribution < -0.4 is 5.32 Å². The first-order chi connectivity index (χ1) is 6.86. The lowest BCUT2D eigenvalue weighted by molar-refractivity contribution is -0.134. The number of nitrogens with one attached hydrogen (secondary N) is 1. The van der Waals surface area contributed by atoms with Gasteiger partial charge >= 0.3 is 0 Å². The van der Waals surface area contributed by atoms with Crippen molar-refractivity contribution in [1.82, 2.24) is 10.2 Å². The van der Waals surface area contributed by atoms with Crippen molar-refractivity contribution in [2.45, 2.75) is 12.5 Å². The molecule has 0 spiro atoms. The third-order valence-electron chi connectivity index (χ3n) is 3.00. The van der Waals surface area contributed by atoms with E-state index >= 15 is 0 Å². The second kappa shape index (κ2) is 2.82. The van der Waals surface area contributed by atoms with Crippen molar-refractivity contribution in [3.8, 4) is 0 Å². The normalized spacial score (nSPS) is 29.6. The molecule has 0 aromatic rings. The Kier molecular flexibility index (Phi) is 1.61. The second-order valence-corrected chi connectivity index (χ2v) is 3.80. The number of fused-ring (bicyclic) bond motifs is 2. The van der Waals surface area contributed by atoms with Gasteiger partial charge in [0, 0.05) is 18.8 Å². The molecular weight excluding hydrogens is 176 g/mol. The molecule has 1 saturated heterocycles. The maximum absolute atomic E-state index is 11.3. The molecule has 3 nitrogen and oxygen atoms in total. The van der Waals surface area contributed by atoms with Crippen molar-refractivity contribution < 1.29 is 4.79 Å². The van der Waals surface area contributed by atoms with E-state index in [-0.39, 0.29) is 5.91 Å². The summed E-state index contributed by atoms with van der Waals surface area (Å²) >= 11 is 0. The van der Waals surface area contributed by atoms with Gasteiger partial charge in [0.25, 0.3) is 0 Å². The number of nitrogens with zero attached hydrogens (tertiary/aromatic N) is 1. The Morgan fingerprint density at radius 1 is 1.43 bits per heavy atom. The molecule has 1 aliphatic carbocycles. The summed E-state index contributed by atoms with van der Waals surface area (Å²) in [6.45, 7) is 1.69. The van der Waals surface area contributed by atoms with E-state index in [2.05, 4.69) is 23.5 Å². The van der Waals surface area contributed by atoms with Crippen molar-refractivity contribution >= 4 is 5.91 Å². The molecule has 1 N–H and O–H groups in total. The van der Waals surface area contributed by atoms with Crippen LogP contribution in [0.15, 0.2) is 35.6 Å². The Morgan fingerprint density at radius 2 is 2.36 bits per heavy atom. The molecular formula is C11H12N2O. The van der Waals surface area contributed by atoms with Gasteiger partial charge in [-0.3, -0.25) is 4.79 Å². The van der Waals surface area contributed by atoms with Crippen LogP contribution in [0.25, 0.3) is 0 Å². The molecule has 1 amide bonds. The van der Waals surface area contributed by atoms with Gasteiger partial charge < -0.3 is 10.2 Å². The number of amides is 1. The summed E-state index contributed by atoms with van der Waals surface area (Å²) in [5.74, 6) is 0.262. The fourth-order valence-electron chi connectivity index (χ4n) is 2.24. The molecule has 0 aromatic heterocycles. The van der Waals surface area contributed by atoms with Crippen LogP contribution in [-0.4, -0.2) is 29.9 Å². The molecule has 0 bridgehead atoms. The second-order valence-electron chi connectivity index (χ2n) is 3.80. The lowest BCUT2D eigenvalue weighted by Crippen LogP contribution is -2.43. The molecule has 0 radical (unpaired) electrons. The molecule has 3 heteroatoms. The monoisotopic (exact) mass is 188 g/mol. The third kappa shape index (κ3) is 0.990. The van der Waals surface area contributed by atoms with Crippen molar-refractivity contribution in [1.29, 1.82) is 0 Å². The molecule has 3 rings (SSSR count). The topological polar surface area (TPSA) is 32.3 Å². The highest BCUT2D eigenvalue weighted by molar-refractivity contribution is 5.89. The summed E-state index contributed by atoms with van der Waals surface area (Å²) in [5.41, 5.74) is 2.48. The summed E-state index contributed by atoms with van der Waals surface area (Å²) in [5, 5.41) is 3.42.